The fourth-order valence-electron chi connectivity index (χ4n) is 3.17. The van der Waals surface area contributed by atoms with Gasteiger partial charge in [-0.3, -0.25) is 9.48 Å². The Morgan fingerprint density at radius 3 is 2.81 bits per heavy atom. The number of halogens is 2. The maximum Gasteiger partial charge on any atom is 0.258 e. The first-order chi connectivity index (χ1) is 13.0. The van der Waals surface area contributed by atoms with Gasteiger partial charge < -0.3 is 16.0 Å². The van der Waals surface area contributed by atoms with Crippen LogP contribution in [0.2, 0.25) is 10.0 Å². The van der Waals surface area contributed by atoms with E-state index in [9.17, 15) is 4.79 Å². The van der Waals surface area contributed by atoms with Gasteiger partial charge in [-0.1, -0.05) is 29.3 Å². The Bertz CT molecular complexity index is 1050. The number of fused-ring (bicyclic) bond motifs is 2. The van der Waals surface area contributed by atoms with Crippen LogP contribution in [0, 0.1) is 0 Å². The van der Waals surface area contributed by atoms with Crippen LogP contribution in [0.3, 0.4) is 0 Å². The van der Waals surface area contributed by atoms with E-state index in [1.54, 1.807) is 46.1 Å². The van der Waals surface area contributed by atoms with E-state index in [-0.39, 0.29) is 5.91 Å². The number of benzene rings is 2. The largest absolute Gasteiger partial charge is 0.338 e. The summed E-state index contributed by atoms with van der Waals surface area (Å²) in [4.78, 5) is 15.0. The van der Waals surface area contributed by atoms with Gasteiger partial charge in [-0.05, 0) is 35.9 Å². The van der Waals surface area contributed by atoms with Crippen molar-refractivity contribution in [3.05, 3.63) is 69.3 Å². The third kappa shape index (κ3) is 3.16. The minimum absolute atomic E-state index is 0.164. The number of nitrogens with one attached hydrogen (secondary N) is 1. The maximum atomic E-state index is 13.3. The molecule has 0 unspecified atom stereocenters. The summed E-state index contributed by atoms with van der Waals surface area (Å²) in [6, 6.07) is 10.6. The second kappa shape index (κ2) is 6.88. The molecule has 2 heterocycles. The first-order valence-electron chi connectivity index (χ1n) is 8.35. The molecule has 4 rings (SSSR count). The van der Waals surface area contributed by atoms with E-state index in [0.29, 0.717) is 28.7 Å². The molecule has 0 atom stereocenters. The lowest BCUT2D eigenvalue weighted by molar-refractivity contribution is 0.0985. The molecular formula is C19H17Cl2N5O. The van der Waals surface area contributed by atoms with Crippen LogP contribution in [0.5, 0.6) is 0 Å². The molecule has 27 heavy (non-hydrogen) atoms. The molecular weight excluding hydrogens is 385 g/mol. The second-order valence-corrected chi connectivity index (χ2v) is 7.17. The van der Waals surface area contributed by atoms with Gasteiger partial charge in [-0.25, -0.2) is 0 Å². The second-order valence-electron chi connectivity index (χ2n) is 6.33. The molecule has 6 nitrogen and oxygen atoms in total. The summed E-state index contributed by atoms with van der Waals surface area (Å²) < 4.78 is 1.74. The summed E-state index contributed by atoms with van der Waals surface area (Å²) in [7, 11) is 1.85. The van der Waals surface area contributed by atoms with E-state index in [2.05, 4.69) is 10.4 Å². The fourth-order valence-corrected chi connectivity index (χ4v) is 3.60. The van der Waals surface area contributed by atoms with Crippen molar-refractivity contribution >= 4 is 46.3 Å². The highest BCUT2D eigenvalue weighted by molar-refractivity contribution is 6.32. The number of hydrogen-bond donors (Lipinski definition) is 2. The number of amides is 1. The molecule has 3 aromatic rings. The van der Waals surface area contributed by atoms with Gasteiger partial charge in [0.05, 0.1) is 24.1 Å². The van der Waals surface area contributed by atoms with Gasteiger partial charge in [-0.15, -0.1) is 0 Å². The van der Waals surface area contributed by atoms with Crippen LogP contribution >= 0.6 is 23.2 Å². The first kappa shape index (κ1) is 17.9. The van der Waals surface area contributed by atoms with Gasteiger partial charge >= 0.3 is 0 Å². The quantitative estimate of drug-likeness (QED) is 0.677. The van der Waals surface area contributed by atoms with Crippen molar-refractivity contribution in [1.29, 1.82) is 0 Å². The van der Waals surface area contributed by atoms with Gasteiger partial charge in [-0.2, -0.15) is 5.10 Å². The van der Waals surface area contributed by atoms with Crippen molar-refractivity contribution in [2.24, 2.45) is 12.8 Å². The zero-order valence-corrected chi connectivity index (χ0v) is 16.1. The van der Waals surface area contributed by atoms with Crippen LogP contribution in [0.1, 0.15) is 21.5 Å². The normalized spacial score (nSPS) is 12.8. The molecule has 138 valence electrons. The number of aromatic nitrogens is 2. The number of aryl methyl sites for hydroxylation is 1. The van der Waals surface area contributed by atoms with E-state index >= 15 is 0 Å². The summed E-state index contributed by atoms with van der Waals surface area (Å²) in [5, 5.41) is 8.68. The van der Waals surface area contributed by atoms with Crippen molar-refractivity contribution in [2.75, 3.05) is 10.2 Å². The van der Waals surface area contributed by atoms with E-state index in [1.165, 1.54) is 0 Å². The summed E-state index contributed by atoms with van der Waals surface area (Å²) in [6.07, 6.45) is 1.75. The topological polar surface area (TPSA) is 76.2 Å². The lowest BCUT2D eigenvalue weighted by Crippen LogP contribution is -2.30. The summed E-state index contributed by atoms with van der Waals surface area (Å²) in [5.41, 5.74) is 9.33. The number of nitrogens with two attached hydrogens (primary N) is 1. The molecule has 0 saturated heterocycles. The molecule has 1 aromatic heterocycles. The third-order valence-corrected chi connectivity index (χ3v) is 5.20. The highest BCUT2D eigenvalue weighted by atomic mass is 35.5. The van der Waals surface area contributed by atoms with Gasteiger partial charge in [0.1, 0.15) is 5.82 Å². The monoisotopic (exact) mass is 401 g/mol. The van der Waals surface area contributed by atoms with Crippen molar-refractivity contribution in [1.82, 2.24) is 9.78 Å². The van der Waals surface area contributed by atoms with Crippen molar-refractivity contribution in [2.45, 2.75) is 13.1 Å². The number of hydrogen-bond acceptors (Lipinski definition) is 4. The van der Waals surface area contributed by atoms with Crippen LogP contribution in [-0.4, -0.2) is 15.7 Å². The Morgan fingerprint density at radius 1 is 1.26 bits per heavy atom. The maximum absolute atomic E-state index is 13.3. The van der Waals surface area contributed by atoms with Gasteiger partial charge in [0.2, 0.25) is 0 Å². The van der Waals surface area contributed by atoms with E-state index in [0.717, 1.165) is 28.3 Å². The van der Waals surface area contributed by atoms with Gasteiger partial charge in [0, 0.05) is 34.8 Å². The molecule has 1 aliphatic rings. The van der Waals surface area contributed by atoms with Crippen LogP contribution in [0.25, 0.3) is 0 Å². The van der Waals surface area contributed by atoms with E-state index < -0.39 is 0 Å². The standard InChI is InChI=1S/C19H17Cl2N5O/c1-25-18-13(9-23-25)10-26(17-5-4-14(20)7-16(17)24-18)19(27)11-2-3-12(8-22)15(21)6-11/h2-7,9,24H,8,10,22H2,1H3. The summed E-state index contributed by atoms with van der Waals surface area (Å²) in [5.74, 6) is 0.660. The number of carbonyl (C=O) groups excluding carboxylic acids is 1. The molecule has 3 N–H and O–H groups in total. The molecule has 0 bridgehead atoms. The molecule has 0 fully saturated rings. The fraction of sp³-hybridized carbons (Fsp3) is 0.158. The van der Waals surface area contributed by atoms with Crippen LogP contribution in [-0.2, 0) is 20.1 Å². The Kier molecular flexibility index (Phi) is 4.55. The van der Waals surface area contributed by atoms with Crippen molar-refractivity contribution in [3.8, 4) is 0 Å². The Labute approximate surface area is 166 Å². The molecule has 1 amide bonds. The lowest BCUT2D eigenvalue weighted by atomic mass is 10.1. The van der Waals surface area contributed by atoms with E-state index in [1.807, 2.05) is 13.1 Å². The smallest absolute Gasteiger partial charge is 0.258 e. The minimum Gasteiger partial charge on any atom is -0.338 e. The average molecular weight is 402 g/mol. The molecule has 0 radical (unpaired) electrons. The third-order valence-electron chi connectivity index (χ3n) is 4.61. The molecule has 8 heteroatoms. The Balaban J connectivity index is 1.81. The SMILES string of the molecule is Cn1ncc2c1Nc1cc(Cl)ccc1N(C(=O)c1ccc(CN)c(Cl)c1)C2. The number of carbonyl (C=O) groups is 1. The van der Waals surface area contributed by atoms with Crippen molar-refractivity contribution < 1.29 is 4.79 Å². The molecule has 0 aliphatic carbocycles. The Morgan fingerprint density at radius 2 is 2.07 bits per heavy atom. The lowest BCUT2D eigenvalue weighted by Gasteiger charge is -2.23. The molecule has 0 spiro atoms. The van der Waals surface area contributed by atoms with Crippen molar-refractivity contribution in [3.63, 3.8) is 0 Å². The molecule has 2 aromatic carbocycles. The highest BCUT2D eigenvalue weighted by Crippen LogP contribution is 2.38. The van der Waals surface area contributed by atoms with Crippen LogP contribution in [0.15, 0.2) is 42.6 Å². The first-order valence-corrected chi connectivity index (χ1v) is 9.11. The zero-order chi connectivity index (χ0) is 19.1. The minimum atomic E-state index is -0.164. The number of rotatable bonds is 2. The molecule has 1 aliphatic heterocycles. The summed E-state index contributed by atoms with van der Waals surface area (Å²) >= 11 is 12.4. The predicted molar refractivity (Wildman–Crippen MR) is 108 cm³/mol. The van der Waals surface area contributed by atoms with Gasteiger partial charge in [0.25, 0.3) is 5.91 Å². The van der Waals surface area contributed by atoms with E-state index in [4.69, 9.17) is 28.9 Å². The van der Waals surface area contributed by atoms with Gasteiger partial charge in [0.15, 0.2) is 0 Å². The predicted octanol–water partition coefficient (Wildman–Crippen LogP) is 4.09. The zero-order valence-electron chi connectivity index (χ0n) is 14.5. The molecule has 0 saturated carbocycles. The summed E-state index contributed by atoms with van der Waals surface area (Å²) in [6.45, 7) is 0.696. The number of nitrogens with zero attached hydrogens (tertiary/aromatic N) is 3. The average Bonchev–Trinajstić information content (AvgIpc) is 2.90. The van der Waals surface area contributed by atoms with Crippen LogP contribution < -0.4 is 16.0 Å². The highest BCUT2D eigenvalue weighted by Gasteiger charge is 2.27. The van der Waals surface area contributed by atoms with Crippen LogP contribution in [0.4, 0.5) is 17.2 Å². The number of anilines is 3. The Hall–Kier alpha value is -2.54.